The van der Waals surface area contributed by atoms with Crippen LogP contribution in [0.25, 0.3) is 0 Å². The first kappa shape index (κ1) is 13.1. The van der Waals surface area contributed by atoms with Gasteiger partial charge in [0.2, 0.25) is 0 Å². The van der Waals surface area contributed by atoms with E-state index in [0.29, 0.717) is 0 Å². The number of hydroxylamine groups is 2. The van der Waals surface area contributed by atoms with Crippen molar-refractivity contribution in [3.8, 4) is 0 Å². The maximum Gasteiger partial charge on any atom is 0.328 e. The van der Waals surface area contributed by atoms with Gasteiger partial charge in [-0.3, -0.25) is 14.8 Å². The first-order valence-electron chi connectivity index (χ1n) is 4.96. The van der Waals surface area contributed by atoms with Crippen LogP contribution in [0.5, 0.6) is 0 Å². The van der Waals surface area contributed by atoms with Crippen LogP contribution < -0.4 is 0 Å². The highest BCUT2D eigenvalue weighted by Crippen LogP contribution is 2.06. The number of ether oxygens (including phenoxy) is 1. The lowest BCUT2D eigenvalue weighted by atomic mass is 10.2. The van der Waals surface area contributed by atoms with Crippen LogP contribution in [0.1, 0.15) is 17.3 Å². The Hall–Kier alpha value is -1.95. The fraction of sp³-hybridized carbons (Fsp3) is 0.273. The van der Waals surface area contributed by atoms with Crippen LogP contribution in [-0.4, -0.2) is 35.3 Å². The number of benzene rings is 1. The van der Waals surface area contributed by atoms with Crippen LogP contribution in [0.3, 0.4) is 0 Å². The smallest absolute Gasteiger partial charge is 0.328 e. The van der Waals surface area contributed by atoms with Gasteiger partial charge in [0.15, 0.2) is 0 Å². The van der Waals surface area contributed by atoms with Crippen molar-refractivity contribution in [2.75, 3.05) is 13.2 Å². The molecule has 0 radical (unpaired) electrons. The Bertz CT molecular complexity index is 422. The van der Waals surface area contributed by atoms with E-state index in [-0.39, 0.29) is 17.2 Å². The van der Waals surface area contributed by atoms with E-state index >= 15 is 0 Å². The molecule has 0 fully saturated rings. The second-order valence-electron chi connectivity index (χ2n) is 3.18. The molecular weight excluding hydrogens is 229 g/mol. The molecule has 0 aliphatic heterocycles. The lowest BCUT2D eigenvalue weighted by Gasteiger charge is -2.13. The maximum absolute atomic E-state index is 12.8. The van der Waals surface area contributed by atoms with Crippen LogP contribution in [0, 0.1) is 5.82 Å². The molecule has 1 amide bonds. The zero-order valence-corrected chi connectivity index (χ0v) is 9.22. The SMILES string of the molecule is CCOC(=O)CN(O)C(=O)c1cccc(F)c1. The predicted octanol–water partition coefficient (Wildman–Crippen LogP) is 1.22. The minimum atomic E-state index is -0.863. The Morgan fingerprint density at radius 3 is 2.76 bits per heavy atom. The van der Waals surface area contributed by atoms with Gasteiger partial charge >= 0.3 is 5.97 Å². The molecule has 0 aliphatic rings. The first-order chi connectivity index (χ1) is 8.04. The van der Waals surface area contributed by atoms with E-state index in [0.717, 1.165) is 6.07 Å². The molecule has 0 saturated carbocycles. The van der Waals surface area contributed by atoms with Gasteiger partial charge in [0.1, 0.15) is 12.4 Å². The predicted molar refractivity (Wildman–Crippen MR) is 55.9 cm³/mol. The van der Waals surface area contributed by atoms with Crippen molar-refractivity contribution in [1.29, 1.82) is 0 Å². The molecule has 1 aromatic carbocycles. The summed E-state index contributed by atoms with van der Waals surface area (Å²) in [6.07, 6.45) is 0. The van der Waals surface area contributed by atoms with Crippen molar-refractivity contribution in [3.05, 3.63) is 35.6 Å². The highest BCUT2D eigenvalue weighted by atomic mass is 19.1. The van der Waals surface area contributed by atoms with Crippen LogP contribution in [0.15, 0.2) is 24.3 Å². The molecule has 5 nitrogen and oxygen atoms in total. The average molecular weight is 241 g/mol. The molecule has 0 atom stereocenters. The molecular formula is C11H12FNO4. The van der Waals surface area contributed by atoms with Gasteiger partial charge in [0.25, 0.3) is 5.91 Å². The third kappa shape index (κ3) is 3.84. The molecule has 17 heavy (non-hydrogen) atoms. The summed E-state index contributed by atoms with van der Waals surface area (Å²) in [5.74, 6) is -2.20. The lowest BCUT2D eigenvalue weighted by Crippen LogP contribution is -2.33. The standard InChI is InChI=1S/C11H12FNO4/c1-2-17-10(14)7-13(16)11(15)8-4-3-5-9(12)6-8/h3-6,16H,2,7H2,1H3. The van der Waals surface area contributed by atoms with E-state index in [1.807, 2.05) is 0 Å². The van der Waals surface area contributed by atoms with Crippen LogP contribution >= 0.6 is 0 Å². The molecule has 0 bridgehead atoms. The molecule has 0 heterocycles. The van der Waals surface area contributed by atoms with E-state index in [9.17, 15) is 19.2 Å². The average Bonchev–Trinajstić information content (AvgIpc) is 2.28. The molecule has 0 spiro atoms. The van der Waals surface area contributed by atoms with Crippen molar-refractivity contribution in [3.63, 3.8) is 0 Å². The summed E-state index contributed by atoms with van der Waals surface area (Å²) in [5, 5.41) is 9.51. The fourth-order valence-electron chi connectivity index (χ4n) is 1.17. The van der Waals surface area contributed by atoms with Gasteiger partial charge in [-0.05, 0) is 25.1 Å². The van der Waals surface area contributed by atoms with Gasteiger partial charge in [-0.1, -0.05) is 6.07 Å². The summed E-state index contributed by atoms with van der Waals surface area (Å²) in [7, 11) is 0. The maximum atomic E-state index is 12.8. The van der Waals surface area contributed by atoms with Crippen LogP contribution in [0.4, 0.5) is 4.39 Å². The molecule has 0 aromatic heterocycles. The van der Waals surface area contributed by atoms with Crippen molar-refractivity contribution in [1.82, 2.24) is 5.06 Å². The second kappa shape index (κ2) is 5.95. The molecule has 92 valence electrons. The van der Waals surface area contributed by atoms with Crippen molar-refractivity contribution in [2.45, 2.75) is 6.92 Å². The molecule has 1 rings (SSSR count). The summed E-state index contributed by atoms with van der Waals surface area (Å²) in [6, 6.07) is 4.81. The fourth-order valence-corrected chi connectivity index (χ4v) is 1.17. The van der Waals surface area contributed by atoms with E-state index in [4.69, 9.17) is 0 Å². The molecule has 1 aromatic rings. The van der Waals surface area contributed by atoms with Crippen LogP contribution in [0.2, 0.25) is 0 Å². The summed E-state index contributed by atoms with van der Waals surface area (Å²) in [6.45, 7) is 1.16. The number of amides is 1. The zero-order chi connectivity index (χ0) is 12.8. The molecule has 0 unspecified atom stereocenters. The van der Waals surface area contributed by atoms with Crippen molar-refractivity contribution >= 4 is 11.9 Å². The number of carbonyl (C=O) groups is 2. The normalized spacial score (nSPS) is 9.82. The van der Waals surface area contributed by atoms with Gasteiger partial charge in [-0.2, -0.15) is 0 Å². The minimum absolute atomic E-state index is 0.0446. The Morgan fingerprint density at radius 1 is 1.47 bits per heavy atom. The lowest BCUT2D eigenvalue weighted by molar-refractivity contribution is -0.152. The van der Waals surface area contributed by atoms with E-state index in [2.05, 4.69) is 4.74 Å². The summed E-state index contributed by atoms with van der Waals surface area (Å²) in [4.78, 5) is 22.5. The number of hydrogen-bond donors (Lipinski definition) is 1. The van der Waals surface area contributed by atoms with Gasteiger partial charge in [-0.15, -0.1) is 0 Å². The van der Waals surface area contributed by atoms with E-state index in [1.54, 1.807) is 6.92 Å². The van der Waals surface area contributed by atoms with Crippen LogP contribution in [-0.2, 0) is 9.53 Å². The number of nitrogens with zero attached hydrogens (tertiary/aromatic N) is 1. The highest BCUT2D eigenvalue weighted by Gasteiger charge is 2.17. The Balaban J connectivity index is 2.67. The van der Waals surface area contributed by atoms with E-state index in [1.165, 1.54) is 18.2 Å². The molecule has 6 heteroatoms. The largest absolute Gasteiger partial charge is 0.465 e. The number of hydrogen-bond acceptors (Lipinski definition) is 4. The third-order valence-corrected chi connectivity index (χ3v) is 1.89. The quantitative estimate of drug-likeness (QED) is 0.489. The van der Waals surface area contributed by atoms with Gasteiger partial charge in [-0.25, -0.2) is 9.45 Å². The van der Waals surface area contributed by atoms with Crippen molar-refractivity contribution < 1.29 is 23.9 Å². The summed E-state index contributed by atoms with van der Waals surface area (Å²) < 4.78 is 17.4. The number of carbonyl (C=O) groups excluding carboxylic acids is 2. The monoisotopic (exact) mass is 241 g/mol. The molecule has 1 N–H and O–H groups in total. The van der Waals surface area contributed by atoms with Gasteiger partial charge in [0.05, 0.1) is 6.61 Å². The second-order valence-corrected chi connectivity index (χ2v) is 3.18. The Kier molecular flexibility index (Phi) is 4.59. The first-order valence-corrected chi connectivity index (χ1v) is 4.96. The summed E-state index contributed by atoms with van der Waals surface area (Å²) >= 11 is 0. The Morgan fingerprint density at radius 2 is 2.18 bits per heavy atom. The Labute approximate surface area is 97.4 Å². The number of rotatable bonds is 4. The topological polar surface area (TPSA) is 66.8 Å². The highest BCUT2D eigenvalue weighted by molar-refractivity contribution is 5.95. The van der Waals surface area contributed by atoms with Gasteiger partial charge in [0, 0.05) is 5.56 Å². The molecule has 0 saturated heterocycles. The molecule has 0 aliphatic carbocycles. The zero-order valence-electron chi connectivity index (χ0n) is 9.22. The minimum Gasteiger partial charge on any atom is -0.465 e. The number of halogens is 1. The summed E-state index contributed by atoms with van der Waals surface area (Å²) in [5.41, 5.74) is -0.0446. The third-order valence-electron chi connectivity index (χ3n) is 1.89. The van der Waals surface area contributed by atoms with E-state index < -0.39 is 24.2 Å². The van der Waals surface area contributed by atoms with Gasteiger partial charge < -0.3 is 4.74 Å². The number of esters is 1. The van der Waals surface area contributed by atoms with Crippen molar-refractivity contribution in [2.24, 2.45) is 0 Å².